The predicted molar refractivity (Wildman–Crippen MR) is 90.4 cm³/mol. The maximum atomic E-state index is 12.2. The number of aromatic nitrogens is 2. The highest BCUT2D eigenvalue weighted by molar-refractivity contribution is 5.92. The minimum absolute atomic E-state index is 0.153. The van der Waals surface area contributed by atoms with Crippen LogP contribution in [-0.2, 0) is 11.3 Å². The number of hydrogen-bond donors (Lipinski definition) is 1. The van der Waals surface area contributed by atoms with E-state index in [-0.39, 0.29) is 18.3 Å². The molecule has 0 aliphatic heterocycles. The first-order valence-electron chi connectivity index (χ1n) is 7.90. The van der Waals surface area contributed by atoms with Crippen molar-refractivity contribution in [3.8, 4) is 0 Å². The molecular formula is C18H20N2O4. The van der Waals surface area contributed by atoms with Crippen molar-refractivity contribution in [2.75, 3.05) is 6.61 Å². The number of para-hydroxylation sites is 2. The van der Waals surface area contributed by atoms with E-state index in [0.29, 0.717) is 24.3 Å². The lowest BCUT2D eigenvalue weighted by atomic mass is 10.1. The van der Waals surface area contributed by atoms with Crippen LogP contribution in [0.3, 0.4) is 0 Å². The molecule has 0 radical (unpaired) electrons. The van der Waals surface area contributed by atoms with Crippen LogP contribution in [0.25, 0.3) is 11.0 Å². The molecule has 1 aromatic carbocycles. The molecule has 24 heavy (non-hydrogen) atoms. The number of aromatic amines is 1. The van der Waals surface area contributed by atoms with Gasteiger partial charge in [0.1, 0.15) is 17.1 Å². The summed E-state index contributed by atoms with van der Waals surface area (Å²) >= 11 is 0. The molecule has 0 unspecified atom stereocenters. The lowest BCUT2D eigenvalue weighted by Crippen LogP contribution is -2.18. The van der Waals surface area contributed by atoms with Crippen LogP contribution in [0.15, 0.2) is 33.5 Å². The van der Waals surface area contributed by atoms with Crippen molar-refractivity contribution in [1.82, 2.24) is 9.55 Å². The maximum absolute atomic E-state index is 12.2. The highest BCUT2D eigenvalue weighted by Crippen LogP contribution is 2.21. The fourth-order valence-electron chi connectivity index (χ4n) is 2.88. The van der Waals surface area contributed by atoms with Crippen LogP contribution in [0.5, 0.6) is 0 Å². The maximum Gasteiger partial charge on any atom is 0.341 e. The summed E-state index contributed by atoms with van der Waals surface area (Å²) in [4.78, 5) is 27.0. The summed E-state index contributed by atoms with van der Waals surface area (Å²) in [6.07, 6.45) is 0.558. The Bertz CT molecular complexity index is 946. The summed E-state index contributed by atoms with van der Waals surface area (Å²) in [5, 5.41) is 0. The van der Waals surface area contributed by atoms with Gasteiger partial charge in [-0.2, -0.15) is 0 Å². The predicted octanol–water partition coefficient (Wildman–Crippen LogP) is 3.09. The standard InChI is InChI=1S/C18H20N2O4/c1-11-12(2)24-13(3)16(11)17(21)23-10-6-9-20-15-8-5-4-7-14(15)19-18(20)22/h4-5,7-8H,6,9-10H2,1-3H3,(H,19,22). The number of fused-ring (bicyclic) bond motifs is 1. The highest BCUT2D eigenvalue weighted by Gasteiger charge is 2.19. The van der Waals surface area contributed by atoms with E-state index in [9.17, 15) is 9.59 Å². The molecule has 6 nitrogen and oxygen atoms in total. The first kappa shape index (κ1) is 16.1. The number of carbonyl (C=O) groups excluding carboxylic acids is 1. The van der Waals surface area contributed by atoms with E-state index in [1.54, 1.807) is 11.5 Å². The van der Waals surface area contributed by atoms with Crippen molar-refractivity contribution < 1.29 is 13.9 Å². The molecule has 0 bridgehead atoms. The van der Waals surface area contributed by atoms with Gasteiger partial charge in [0.15, 0.2) is 0 Å². The molecule has 0 amide bonds. The number of nitrogens with zero attached hydrogens (tertiary/aromatic N) is 1. The lowest BCUT2D eigenvalue weighted by Gasteiger charge is -2.06. The molecule has 126 valence electrons. The third-order valence-electron chi connectivity index (χ3n) is 4.21. The summed E-state index contributed by atoms with van der Waals surface area (Å²) in [6, 6.07) is 7.52. The average molecular weight is 328 g/mol. The third-order valence-corrected chi connectivity index (χ3v) is 4.21. The summed E-state index contributed by atoms with van der Waals surface area (Å²) < 4.78 is 12.4. The second-order valence-electron chi connectivity index (χ2n) is 5.80. The van der Waals surface area contributed by atoms with Gasteiger partial charge < -0.3 is 14.1 Å². The van der Waals surface area contributed by atoms with Crippen LogP contribution in [0.1, 0.15) is 33.9 Å². The second kappa shape index (κ2) is 6.39. The van der Waals surface area contributed by atoms with Gasteiger partial charge in [-0.3, -0.25) is 4.57 Å². The third kappa shape index (κ3) is 2.87. The Morgan fingerprint density at radius 2 is 1.96 bits per heavy atom. The van der Waals surface area contributed by atoms with Crippen LogP contribution in [0.2, 0.25) is 0 Å². The van der Waals surface area contributed by atoms with Crippen molar-refractivity contribution in [1.29, 1.82) is 0 Å². The van der Waals surface area contributed by atoms with Gasteiger partial charge in [-0.05, 0) is 39.3 Å². The molecule has 0 atom stereocenters. The smallest absolute Gasteiger partial charge is 0.341 e. The first-order valence-corrected chi connectivity index (χ1v) is 7.90. The van der Waals surface area contributed by atoms with E-state index in [2.05, 4.69) is 4.98 Å². The Morgan fingerprint density at radius 1 is 1.21 bits per heavy atom. The van der Waals surface area contributed by atoms with E-state index < -0.39 is 0 Å². The average Bonchev–Trinajstić information content (AvgIpc) is 2.99. The highest BCUT2D eigenvalue weighted by atomic mass is 16.5. The Morgan fingerprint density at radius 3 is 2.67 bits per heavy atom. The zero-order chi connectivity index (χ0) is 17.3. The molecule has 0 aliphatic rings. The number of benzene rings is 1. The molecule has 3 aromatic rings. The van der Waals surface area contributed by atoms with E-state index in [0.717, 1.165) is 22.4 Å². The number of esters is 1. The number of carbonyl (C=O) groups is 1. The molecule has 1 N–H and O–H groups in total. The summed E-state index contributed by atoms with van der Waals surface area (Å²) in [5.41, 5.74) is 2.81. The quantitative estimate of drug-likeness (QED) is 0.577. The molecule has 0 aliphatic carbocycles. The molecule has 6 heteroatoms. The second-order valence-corrected chi connectivity index (χ2v) is 5.80. The molecule has 0 fully saturated rings. The van der Waals surface area contributed by atoms with Gasteiger partial charge in [-0.15, -0.1) is 0 Å². The van der Waals surface area contributed by atoms with E-state index in [1.807, 2.05) is 38.1 Å². The Balaban J connectivity index is 1.62. The molecule has 2 aromatic heterocycles. The number of H-pyrrole nitrogens is 1. The van der Waals surface area contributed by atoms with Crippen LogP contribution in [0, 0.1) is 20.8 Å². The number of nitrogens with one attached hydrogen (secondary N) is 1. The first-order chi connectivity index (χ1) is 11.5. The molecule has 0 saturated carbocycles. The summed E-state index contributed by atoms with van der Waals surface area (Å²) in [6.45, 7) is 6.14. The van der Waals surface area contributed by atoms with E-state index in [1.165, 1.54) is 0 Å². The molecule has 2 heterocycles. The zero-order valence-corrected chi connectivity index (χ0v) is 14.0. The number of aryl methyl sites for hydroxylation is 3. The molecular weight excluding hydrogens is 308 g/mol. The van der Waals surface area contributed by atoms with Gasteiger partial charge in [-0.1, -0.05) is 12.1 Å². The Kier molecular flexibility index (Phi) is 4.29. The Labute approximate surface area is 139 Å². The number of imidazole rings is 1. The fourth-order valence-corrected chi connectivity index (χ4v) is 2.88. The molecule has 0 spiro atoms. The van der Waals surface area contributed by atoms with Crippen molar-refractivity contribution in [3.05, 3.63) is 57.4 Å². The van der Waals surface area contributed by atoms with Gasteiger partial charge >= 0.3 is 11.7 Å². The van der Waals surface area contributed by atoms with Gasteiger partial charge in [0.05, 0.1) is 17.6 Å². The Hall–Kier alpha value is -2.76. The van der Waals surface area contributed by atoms with Crippen molar-refractivity contribution >= 4 is 17.0 Å². The zero-order valence-electron chi connectivity index (χ0n) is 14.0. The van der Waals surface area contributed by atoms with Gasteiger partial charge in [0.2, 0.25) is 0 Å². The van der Waals surface area contributed by atoms with Crippen molar-refractivity contribution in [3.63, 3.8) is 0 Å². The van der Waals surface area contributed by atoms with E-state index >= 15 is 0 Å². The molecule has 0 saturated heterocycles. The number of ether oxygens (including phenoxy) is 1. The minimum atomic E-state index is -0.381. The SMILES string of the molecule is Cc1oc(C)c(C(=O)OCCCn2c(=O)[nH]c3ccccc32)c1C. The largest absolute Gasteiger partial charge is 0.465 e. The topological polar surface area (TPSA) is 77.2 Å². The summed E-state index contributed by atoms with van der Waals surface area (Å²) in [7, 11) is 0. The fraction of sp³-hybridized carbons (Fsp3) is 0.333. The van der Waals surface area contributed by atoms with E-state index in [4.69, 9.17) is 9.15 Å². The van der Waals surface area contributed by atoms with Gasteiger partial charge in [0, 0.05) is 12.1 Å². The lowest BCUT2D eigenvalue weighted by molar-refractivity contribution is 0.0493. The van der Waals surface area contributed by atoms with Gasteiger partial charge in [-0.25, -0.2) is 9.59 Å². The normalized spacial score (nSPS) is 11.1. The monoisotopic (exact) mass is 328 g/mol. The van der Waals surface area contributed by atoms with Crippen LogP contribution in [-0.4, -0.2) is 22.1 Å². The summed E-state index contributed by atoms with van der Waals surface area (Å²) in [5.74, 6) is 0.917. The van der Waals surface area contributed by atoms with Crippen LogP contribution in [0.4, 0.5) is 0 Å². The number of furan rings is 1. The van der Waals surface area contributed by atoms with Gasteiger partial charge in [0.25, 0.3) is 0 Å². The van der Waals surface area contributed by atoms with Crippen molar-refractivity contribution in [2.24, 2.45) is 0 Å². The van der Waals surface area contributed by atoms with Crippen molar-refractivity contribution in [2.45, 2.75) is 33.7 Å². The number of rotatable bonds is 5. The number of hydrogen-bond acceptors (Lipinski definition) is 4. The minimum Gasteiger partial charge on any atom is -0.465 e. The molecule has 3 rings (SSSR count). The van der Waals surface area contributed by atoms with Crippen LogP contribution < -0.4 is 5.69 Å². The van der Waals surface area contributed by atoms with Crippen LogP contribution >= 0.6 is 0 Å².